The number of hydrogen-bond acceptors (Lipinski definition) is 3. The number of carbonyl (C=O) groups excluding carboxylic acids is 1. The summed E-state index contributed by atoms with van der Waals surface area (Å²) in [5, 5.41) is 2.40. The monoisotopic (exact) mass is 359 g/mol. The van der Waals surface area contributed by atoms with Crippen LogP contribution >= 0.6 is 15.9 Å². The van der Waals surface area contributed by atoms with Gasteiger partial charge in [0.15, 0.2) is 5.82 Å². The van der Waals surface area contributed by atoms with Crippen molar-refractivity contribution < 1.29 is 18.0 Å². The first-order valence-corrected chi connectivity index (χ1v) is 6.54. The highest BCUT2D eigenvalue weighted by atomic mass is 79.9. The SMILES string of the molecule is Cc1nc(NC(=O)c2cccc(C(F)(F)F)c2)cnc1Br. The van der Waals surface area contributed by atoms with E-state index in [2.05, 4.69) is 31.2 Å². The Kier molecular flexibility index (Phi) is 4.26. The van der Waals surface area contributed by atoms with Gasteiger partial charge in [-0.05, 0) is 41.1 Å². The molecule has 1 amide bonds. The first-order valence-electron chi connectivity index (χ1n) is 5.75. The number of benzene rings is 1. The molecule has 4 nitrogen and oxygen atoms in total. The number of aromatic nitrogens is 2. The average Bonchev–Trinajstić information content (AvgIpc) is 2.42. The number of aryl methyl sites for hydroxylation is 1. The van der Waals surface area contributed by atoms with Crippen molar-refractivity contribution >= 4 is 27.7 Å². The summed E-state index contributed by atoms with van der Waals surface area (Å²) in [6.07, 6.45) is -3.19. The fraction of sp³-hybridized carbons (Fsp3) is 0.154. The molecule has 1 N–H and O–H groups in total. The summed E-state index contributed by atoms with van der Waals surface area (Å²) >= 11 is 3.16. The van der Waals surface area contributed by atoms with E-state index in [1.807, 2.05) is 0 Å². The van der Waals surface area contributed by atoms with Crippen LogP contribution in [0.25, 0.3) is 0 Å². The van der Waals surface area contributed by atoms with Crippen LogP contribution in [-0.4, -0.2) is 15.9 Å². The molecule has 110 valence electrons. The molecule has 0 aliphatic carbocycles. The molecule has 0 spiro atoms. The van der Waals surface area contributed by atoms with E-state index >= 15 is 0 Å². The maximum atomic E-state index is 12.6. The maximum Gasteiger partial charge on any atom is 0.416 e. The molecule has 2 aromatic rings. The van der Waals surface area contributed by atoms with Gasteiger partial charge >= 0.3 is 6.18 Å². The van der Waals surface area contributed by atoms with E-state index in [1.54, 1.807) is 6.92 Å². The van der Waals surface area contributed by atoms with Gasteiger partial charge in [-0.3, -0.25) is 4.79 Å². The van der Waals surface area contributed by atoms with Crippen molar-refractivity contribution in [1.82, 2.24) is 9.97 Å². The smallest absolute Gasteiger partial charge is 0.305 e. The first kappa shape index (κ1) is 15.4. The topological polar surface area (TPSA) is 54.9 Å². The largest absolute Gasteiger partial charge is 0.416 e. The van der Waals surface area contributed by atoms with Crippen LogP contribution in [0.15, 0.2) is 35.1 Å². The number of carbonyl (C=O) groups is 1. The van der Waals surface area contributed by atoms with E-state index in [9.17, 15) is 18.0 Å². The van der Waals surface area contributed by atoms with Crippen molar-refractivity contribution in [2.45, 2.75) is 13.1 Å². The molecule has 0 radical (unpaired) electrons. The molecule has 0 unspecified atom stereocenters. The molecule has 1 aromatic heterocycles. The minimum atomic E-state index is -4.50. The lowest BCUT2D eigenvalue weighted by Crippen LogP contribution is -2.15. The molecule has 1 aromatic carbocycles. The third kappa shape index (κ3) is 3.78. The van der Waals surface area contributed by atoms with Gasteiger partial charge in [-0.25, -0.2) is 9.97 Å². The Bertz CT molecular complexity index is 689. The molecule has 0 bridgehead atoms. The lowest BCUT2D eigenvalue weighted by molar-refractivity contribution is -0.137. The van der Waals surface area contributed by atoms with Crippen LogP contribution in [0.4, 0.5) is 19.0 Å². The lowest BCUT2D eigenvalue weighted by Gasteiger charge is -2.09. The Morgan fingerprint density at radius 1 is 1.33 bits per heavy atom. The van der Waals surface area contributed by atoms with Crippen molar-refractivity contribution in [3.8, 4) is 0 Å². The number of halogens is 4. The molecular weight excluding hydrogens is 351 g/mol. The second-order valence-corrected chi connectivity index (χ2v) is 4.92. The Hall–Kier alpha value is -1.96. The van der Waals surface area contributed by atoms with E-state index in [-0.39, 0.29) is 11.4 Å². The van der Waals surface area contributed by atoms with Crippen LogP contribution in [0, 0.1) is 6.92 Å². The van der Waals surface area contributed by atoms with Crippen LogP contribution in [-0.2, 0) is 6.18 Å². The van der Waals surface area contributed by atoms with Crippen LogP contribution in [0.2, 0.25) is 0 Å². The third-order valence-electron chi connectivity index (χ3n) is 2.58. The van der Waals surface area contributed by atoms with Crippen molar-refractivity contribution in [1.29, 1.82) is 0 Å². The zero-order valence-corrected chi connectivity index (χ0v) is 12.3. The minimum absolute atomic E-state index is 0.104. The summed E-state index contributed by atoms with van der Waals surface area (Å²) in [6.45, 7) is 1.68. The predicted octanol–water partition coefficient (Wildman–Crippen LogP) is 3.82. The van der Waals surface area contributed by atoms with Crippen LogP contribution in [0.1, 0.15) is 21.6 Å². The summed E-state index contributed by atoms with van der Waals surface area (Å²) in [7, 11) is 0. The molecule has 0 aliphatic heterocycles. The summed E-state index contributed by atoms with van der Waals surface area (Å²) in [6, 6.07) is 4.16. The fourth-order valence-corrected chi connectivity index (χ4v) is 1.74. The van der Waals surface area contributed by atoms with Crippen LogP contribution in [0.3, 0.4) is 0 Å². The van der Waals surface area contributed by atoms with Crippen LogP contribution in [0.5, 0.6) is 0 Å². The average molecular weight is 360 g/mol. The Morgan fingerprint density at radius 2 is 2.05 bits per heavy atom. The van der Waals surface area contributed by atoms with E-state index in [0.717, 1.165) is 12.1 Å². The summed E-state index contributed by atoms with van der Waals surface area (Å²) < 4.78 is 38.3. The Balaban J connectivity index is 2.22. The van der Waals surface area contributed by atoms with Crippen molar-refractivity contribution in [3.63, 3.8) is 0 Å². The number of nitrogens with one attached hydrogen (secondary N) is 1. The van der Waals surface area contributed by atoms with Gasteiger partial charge in [0.2, 0.25) is 0 Å². The number of rotatable bonds is 2. The van der Waals surface area contributed by atoms with Gasteiger partial charge in [-0.15, -0.1) is 0 Å². The molecule has 8 heteroatoms. The van der Waals surface area contributed by atoms with Crippen molar-refractivity contribution in [2.75, 3.05) is 5.32 Å². The van der Waals surface area contributed by atoms with Gasteiger partial charge in [0.25, 0.3) is 5.91 Å². The maximum absolute atomic E-state index is 12.6. The highest BCUT2D eigenvalue weighted by Gasteiger charge is 2.30. The molecule has 0 saturated carbocycles. The molecule has 0 fully saturated rings. The summed E-state index contributed by atoms with van der Waals surface area (Å²) in [4.78, 5) is 19.9. The summed E-state index contributed by atoms with van der Waals surface area (Å²) in [5.41, 5.74) is -0.433. The van der Waals surface area contributed by atoms with E-state index < -0.39 is 17.6 Å². The number of anilines is 1. The van der Waals surface area contributed by atoms with Gasteiger partial charge in [-0.1, -0.05) is 6.07 Å². The molecule has 0 aliphatic rings. The summed E-state index contributed by atoms with van der Waals surface area (Å²) in [5.74, 6) is -0.518. The third-order valence-corrected chi connectivity index (χ3v) is 3.36. The lowest BCUT2D eigenvalue weighted by atomic mass is 10.1. The van der Waals surface area contributed by atoms with Gasteiger partial charge in [0.05, 0.1) is 17.5 Å². The van der Waals surface area contributed by atoms with Crippen molar-refractivity contribution in [2.24, 2.45) is 0 Å². The zero-order chi connectivity index (χ0) is 15.6. The number of amides is 1. The molecule has 1 heterocycles. The highest BCUT2D eigenvalue weighted by molar-refractivity contribution is 9.10. The Labute approximate surface area is 126 Å². The van der Waals surface area contributed by atoms with E-state index in [4.69, 9.17) is 0 Å². The second-order valence-electron chi connectivity index (χ2n) is 4.16. The van der Waals surface area contributed by atoms with Gasteiger partial charge in [0, 0.05) is 5.56 Å². The normalized spacial score (nSPS) is 11.3. The van der Waals surface area contributed by atoms with Crippen LogP contribution < -0.4 is 5.32 Å². The van der Waals surface area contributed by atoms with Gasteiger partial charge in [-0.2, -0.15) is 13.2 Å². The molecule has 0 saturated heterocycles. The first-order chi connectivity index (χ1) is 9.77. The van der Waals surface area contributed by atoms with E-state index in [1.165, 1.54) is 18.3 Å². The molecular formula is C13H9BrF3N3O. The quantitative estimate of drug-likeness (QED) is 0.886. The van der Waals surface area contributed by atoms with Crippen molar-refractivity contribution in [3.05, 3.63) is 51.9 Å². The van der Waals surface area contributed by atoms with Gasteiger partial charge < -0.3 is 5.32 Å². The number of hydrogen-bond donors (Lipinski definition) is 1. The second kappa shape index (κ2) is 5.80. The van der Waals surface area contributed by atoms with E-state index in [0.29, 0.717) is 10.3 Å². The molecule has 0 atom stereocenters. The molecule has 21 heavy (non-hydrogen) atoms. The standard InChI is InChI=1S/C13H9BrF3N3O/c1-7-11(14)18-6-10(19-7)20-12(21)8-3-2-4-9(5-8)13(15,16)17/h2-6H,1H3,(H,19,20,21). The number of alkyl halides is 3. The van der Waals surface area contributed by atoms with Gasteiger partial charge in [0.1, 0.15) is 4.60 Å². The minimum Gasteiger partial charge on any atom is -0.305 e. The number of nitrogens with zero attached hydrogens (tertiary/aromatic N) is 2. The fourth-order valence-electron chi connectivity index (χ4n) is 1.55. The predicted molar refractivity (Wildman–Crippen MR) is 73.9 cm³/mol. The zero-order valence-electron chi connectivity index (χ0n) is 10.7. The Morgan fingerprint density at radius 3 is 2.67 bits per heavy atom. The molecule has 2 rings (SSSR count). The highest BCUT2D eigenvalue weighted by Crippen LogP contribution is 2.29.